The van der Waals surface area contributed by atoms with Crippen LogP contribution in [0.3, 0.4) is 0 Å². The third kappa shape index (κ3) is 3.79. The van der Waals surface area contributed by atoms with E-state index in [0.29, 0.717) is 18.2 Å². The number of hydrogen-bond donors (Lipinski definition) is 3. The van der Waals surface area contributed by atoms with Crippen molar-refractivity contribution >= 4 is 18.3 Å². The molecule has 2 aromatic rings. The van der Waals surface area contributed by atoms with Crippen molar-refractivity contribution in [2.24, 2.45) is 13.0 Å². The molecule has 0 spiro atoms. The molecule has 7 nitrogen and oxygen atoms in total. The molecule has 0 aliphatic carbocycles. The zero-order valence-electron chi connectivity index (χ0n) is 14.3. The molecule has 3 N–H and O–H groups in total. The van der Waals surface area contributed by atoms with Crippen LogP contribution in [0.2, 0.25) is 0 Å². The molecule has 0 bridgehead atoms. The number of H-pyrrole nitrogens is 1. The summed E-state index contributed by atoms with van der Waals surface area (Å²) in [6, 6.07) is 1.80. The van der Waals surface area contributed by atoms with E-state index >= 15 is 0 Å². The maximum atomic E-state index is 12.2. The molecule has 8 heteroatoms. The van der Waals surface area contributed by atoms with E-state index in [2.05, 4.69) is 25.9 Å². The smallest absolute Gasteiger partial charge is 0.269 e. The normalized spacial score (nSPS) is 16.9. The van der Waals surface area contributed by atoms with Gasteiger partial charge >= 0.3 is 0 Å². The Morgan fingerprint density at radius 1 is 1.46 bits per heavy atom. The van der Waals surface area contributed by atoms with Crippen molar-refractivity contribution in [2.45, 2.75) is 26.7 Å². The topological polar surface area (TPSA) is 87.6 Å². The lowest BCUT2D eigenvalue weighted by Crippen LogP contribution is -2.26. The third-order valence-corrected chi connectivity index (χ3v) is 4.59. The molecule has 24 heavy (non-hydrogen) atoms. The van der Waals surface area contributed by atoms with Crippen molar-refractivity contribution < 1.29 is 4.79 Å². The summed E-state index contributed by atoms with van der Waals surface area (Å²) in [5, 5.41) is 17.8. The van der Waals surface area contributed by atoms with E-state index < -0.39 is 0 Å². The van der Waals surface area contributed by atoms with Crippen LogP contribution in [0.4, 0.5) is 0 Å². The minimum atomic E-state index is -0.103. The molecule has 2 aromatic heterocycles. The number of halogens is 1. The molecule has 1 aliphatic heterocycles. The zero-order chi connectivity index (χ0) is 16.4. The highest BCUT2D eigenvalue weighted by atomic mass is 35.5. The summed E-state index contributed by atoms with van der Waals surface area (Å²) in [6.45, 7) is 6.80. The Balaban J connectivity index is 0.00000208. The number of nitrogens with one attached hydrogen (secondary N) is 3. The van der Waals surface area contributed by atoms with Crippen molar-refractivity contribution in [3.05, 3.63) is 23.1 Å². The molecule has 1 amide bonds. The van der Waals surface area contributed by atoms with Gasteiger partial charge in [0.25, 0.3) is 5.91 Å². The molecule has 0 saturated carbocycles. The van der Waals surface area contributed by atoms with Crippen LogP contribution in [-0.4, -0.2) is 45.5 Å². The Morgan fingerprint density at radius 3 is 2.88 bits per heavy atom. The van der Waals surface area contributed by atoms with Crippen molar-refractivity contribution in [3.63, 3.8) is 0 Å². The summed E-state index contributed by atoms with van der Waals surface area (Å²) in [4.78, 5) is 12.2. The SMILES string of the molecule is Cc1nn(C)c(C)c1-c1cc(C(=O)NCCC2CCNC2)[nH]n1.Cl. The number of amides is 1. The first kappa shape index (κ1) is 18.5. The lowest BCUT2D eigenvalue weighted by molar-refractivity contribution is 0.0946. The van der Waals surface area contributed by atoms with Crippen LogP contribution in [0.5, 0.6) is 0 Å². The van der Waals surface area contributed by atoms with E-state index in [4.69, 9.17) is 0 Å². The van der Waals surface area contributed by atoms with E-state index in [1.165, 1.54) is 6.42 Å². The summed E-state index contributed by atoms with van der Waals surface area (Å²) in [5.74, 6) is 0.572. The van der Waals surface area contributed by atoms with E-state index in [-0.39, 0.29) is 18.3 Å². The highest BCUT2D eigenvalue weighted by molar-refractivity contribution is 5.93. The van der Waals surface area contributed by atoms with E-state index in [1.54, 1.807) is 6.07 Å². The van der Waals surface area contributed by atoms with Crippen molar-refractivity contribution in [2.75, 3.05) is 19.6 Å². The maximum Gasteiger partial charge on any atom is 0.269 e. The molecule has 0 aromatic carbocycles. The van der Waals surface area contributed by atoms with Crippen LogP contribution in [0.25, 0.3) is 11.3 Å². The number of hydrogen-bond acceptors (Lipinski definition) is 4. The first-order valence-corrected chi connectivity index (χ1v) is 8.11. The van der Waals surface area contributed by atoms with Gasteiger partial charge in [-0.3, -0.25) is 14.6 Å². The maximum absolute atomic E-state index is 12.2. The Morgan fingerprint density at radius 2 is 2.25 bits per heavy atom. The summed E-state index contributed by atoms with van der Waals surface area (Å²) in [5.41, 5.74) is 4.19. The van der Waals surface area contributed by atoms with Gasteiger partial charge in [-0.15, -0.1) is 12.4 Å². The zero-order valence-corrected chi connectivity index (χ0v) is 15.2. The summed E-state index contributed by atoms with van der Waals surface area (Å²) >= 11 is 0. The summed E-state index contributed by atoms with van der Waals surface area (Å²) < 4.78 is 1.83. The number of nitrogens with zero attached hydrogens (tertiary/aromatic N) is 3. The quantitative estimate of drug-likeness (QED) is 0.762. The van der Waals surface area contributed by atoms with Crippen LogP contribution in [0, 0.1) is 19.8 Å². The van der Waals surface area contributed by atoms with Gasteiger partial charge in [0.2, 0.25) is 0 Å². The van der Waals surface area contributed by atoms with Crippen LogP contribution in [0.1, 0.15) is 34.7 Å². The Labute approximate surface area is 148 Å². The highest BCUT2D eigenvalue weighted by Crippen LogP contribution is 2.25. The molecule has 3 rings (SSSR count). The number of aromatic nitrogens is 4. The standard InChI is InChI=1S/C16H24N6O.ClH/c1-10-15(11(2)22(3)21-10)13-8-14(20-19-13)16(23)18-7-5-12-4-6-17-9-12;/h8,12,17H,4-7,9H2,1-3H3,(H,18,23)(H,19,20);1H. The van der Waals surface area contributed by atoms with Gasteiger partial charge in [-0.2, -0.15) is 10.2 Å². The molecule has 3 heterocycles. The third-order valence-electron chi connectivity index (χ3n) is 4.59. The lowest BCUT2D eigenvalue weighted by Gasteiger charge is -2.08. The number of aromatic amines is 1. The average Bonchev–Trinajstić information content (AvgIpc) is 3.22. The minimum Gasteiger partial charge on any atom is -0.351 e. The van der Waals surface area contributed by atoms with E-state index in [1.807, 2.05) is 25.6 Å². The largest absolute Gasteiger partial charge is 0.351 e. The van der Waals surface area contributed by atoms with Crippen molar-refractivity contribution in [1.29, 1.82) is 0 Å². The molecule has 1 saturated heterocycles. The van der Waals surface area contributed by atoms with Crippen molar-refractivity contribution in [3.8, 4) is 11.3 Å². The number of rotatable bonds is 5. The summed E-state index contributed by atoms with van der Waals surface area (Å²) in [7, 11) is 1.91. The molecule has 1 fully saturated rings. The second kappa shape index (κ2) is 7.81. The van der Waals surface area contributed by atoms with Crippen LogP contribution < -0.4 is 10.6 Å². The monoisotopic (exact) mass is 352 g/mol. The Bertz CT molecular complexity index is 701. The first-order valence-electron chi connectivity index (χ1n) is 8.11. The predicted molar refractivity (Wildman–Crippen MR) is 95.4 cm³/mol. The number of carbonyl (C=O) groups excluding carboxylic acids is 1. The first-order chi connectivity index (χ1) is 11.1. The molecular formula is C16H25ClN6O. The van der Waals surface area contributed by atoms with Crippen LogP contribution in [0.15, 0.2) is 6.07 Å². The molecule has 1 aliphatic rings. The van der Waals surface area contributed by atoms with Gasteiger partial charge in [0, 0.05) is 24.8 Å². The highest BCUT2D eigenvalue weighted by Gasteiger charge is 2.18. The lowest BCUT2D eigenvalue weighted by atomic mass is 10.1. The van der Waals surface area contributed by atoms with Crippen LogP contribution >= 0.6 is 12.4 Å². The molecule has 1 unspecified atom stereocenters. The summed E-state index contributed by atoms with van der Waals surface area (Å²) in [6.07, 6.45) is 2.21. The van der Waals surface area contributed by atoms with Gasteiger partial charge in [-0.1, -0.05) is 0 Å². The fourth-order valence-electron chi connectivity index (χ4n) is 3.16. The predicted octanol–water partition coefficient (Wildman–Crippen LogP) is 1.58. The van der Waals surface area contributed by atoms with Crippen molar-refractivity contribution in [1.82, 2.24) is 30.6 Å². The number of carbonyl (C=O) groups is 1. The molecule has 132 valence electrons. The van der Waals surface area contributed by atoms with Gasteiger partial charge in [0.1, 0.15) is 5.69 Å². The molecular weight excluding hydrogens is 328 g/mol. The second-order valence-corrected chi connectivity index (χ2v) is 6.24. The Hall–Kier alpha value is -1.86. The fourth-order valence-corrected chi connectivity index (χ4v) is 3.16. The average molecular weight is 353 g/mol. The van der Waals surface area contributed by atoms with Gasteiger partial charge in [0.05, 0.1) is 11.4 Å². The Kier molecular flexibility index (Phi) is 6.01. The number of aryl methyl sites for hydroxylation is 2. The second-order valence-electron chi connectivity index (χ2n) is 6.24. The minimum absolute atomic E-state index is 0. The fraction of sp³-hybridized carbons (Fsp3) is 0.562. The van der Waals surface area contributed by atoms with Gasteiger partial charge in [-0.25, -0.2) is 0 Å². The van der Waals surface area contributed by atoms with Gasteiger partial charge < -0.3 is 10.6 Å². The van der Waals surface area contributed by atoms with E-state index in [0.717, 1.165) is 42.2 Å². The van der Waals surface area contributed by atoms with E-state index in [9.17, 15) is 4.79 Å². The van der Waals surface area contributed by atoms with Gasteiger partial charge in [-0.05, 0) is 51.8 Å². The van der Waals surface area contributed by atoms with Gasteiger partial charge in [0.15, 0.2) is 0 Å². The molecule has 0 radical (unpaired) electrons. The van der Waals surface area contributed by atoms with Crippen LogP contribution in [-0.2, 0) is 7.05 Å². The molecule has 1 atom stereocenters.